The van der Waals surface area contributed by atoms with Crippen LogP contribution in [0.5, 0.6) is 0 Å². The molecule has 0 aliphatic carbocycles. The SMILES string of the molecule is Cc1cc(C)n(-c2cc(N3CCN(C(=O)Nc4cccc(F)c4C)CC3)nc(C)n2)n1. The number of nitrogens with one attached hydrogen (secondary N) is 1. The van der Waals surface area contributed by atoms with Gasteiger partial charge in [-0.15, -0.1) is 0 Å². The molecule has 3 aromatic rings. The smallest absolute Gasteiger partial charge is 0.321 e. The molecule has 1 aliphatic rings. The van der Waals surface area contributed by atoms with Crippen LogP contribution in [0, 0.1) is 33.5 Å². The molecule has 0 spiro atoms. The molecule has 0 saturated carbocycles. The number of aromatic nitrogens is 4. The van der Waals surface area contributed by atoms with Crippen LogP contribution in [-0.4, -0.2) is 56.9 Å². The van der Waals surface area contributed by atoms with Crippen molar-refractivity contribution in [1.29, 1.82) is 0 Å². The number of halogens is 1. The minimum absolute atomic E-state index is 0.226. The average Bonchev–Trinajstić information content (AvgIpc) is 3.09. The molecular formula is C22H26FN7O. The van der Waals surface area contributed by atoms with E-state index in [1.165, 1.54) is 6.07 Å². The lowest BCUT2D eigenvalue weighted by molar-refractivity contribution is 0.208. The number of carbonyl (C=O) groups excluding carboxylic acids is 1. The molecule has 0 atom stereocenters. The Bertz CT molecular complexity index is 1120. The van der Waals surface area contributed by atoms with E-state index in [2.05, 4.69) is 25.3 Å². The molecule has 1 aromatic carbocycles. The van der Waals surface area contributed by atoms with Gasteiger partial charge in [0, 0.05) is 49.2 Å². The van der Waals surface area contributed by atoms with Crippen molar-refractivity contribution in [3.05, 3.63) is 58.9 Å². The van der Waals surface area contributed by atoms with Gasteiger partial charge in [0.2, 0.25) is 0 Å². The van der Waals surface area contributed by atoms with E-state index in [1.807, 2.05) is 37.6 Å². The molecule has 0 bridgehead atoms. The van der Waals surface area contributed by atoms with Crippen molar-refractivity contribution >= 4 is 17.5 Å². The molecule has 9 heteroatoms. The zero-order valence-electron chi connectivity index (χ0n) is 18.2. The highest BCUT2D eigenvalue weighted by atomic mass is 19.1. The number of hydrogen-bond acceptors (Lipinski definition) is 5. The standard InChI is InChI=1S/C22H26FN7O/c1-14-12-15(2)30(27-14)21-13-20(24-17(4)25-21)28-8-10-29(11-9-28)22(31)26-19-7-5-6-18(23)16(19)3/h5-7,12-13H,8-11H2,1-4H3,(H,26,31). The minimum Gasteiger partial charge on any atom is -0.353 e. The molecule has 2 amide bonds. The predicted octanol–water partition coefficient (Wildman–Crippen LogP) is 3.39. The monoisotopic (exact) mass is 423 g/mol. The van der Waals surface area contributed by atoms with Crippen molar-refractivity contribution in [2.24, 2.45) is 0 Å². The van der Waals surface area contributed by atoms with Crippen LogP contribution >= 0.6 is 0 Å². The molecule has 4 rings (SSSR count). The first-order valence-corrected chi connectivity index (χ1v) is 10.3. The molecule has 31 heavy (non-hydrogen) atoms. The Kier molecular flexibility index (Phi) is 5.58. The summed E-state index contributed by atoms with van der Waals surface area (Å²) >= 11 is 0. The van der Waals surface area contributed by atoms with Gasteiger partial charge in [-0.1, -0.05) is 6.07 Å². The van der Waals surface area contributed by atoms with E-state index in [4.69, 9.17) is 0 Å². The van der Waals surface area contributed by atoms with Gasteiger partial charge in [0.25, 0.3) is 0 Å². The number of anilines is 2. The van der Waals surface area contributed by atoms with E-state index >= 15 is 0 Å². The number of aryl methyl sites for hydroxylation is 3. The van der Waals surface area contributed by atoms with Crippen molar-refractivity contribution < 1.29 is 9.18 Å². The first kappa shape index (κ1) is 20.8. The summed E-state index contributed by atoms with van der Waals surface area (Å²) in [5.74, 6) is 1.88. The van der Waals surface area contributed by atoms with Crippen molar-refractivity contribution in [2.45, 2.75) is 27.7 Å². The van der Waals surface area contributed by atoms with Gasteiger partial charge in [-0.05, 0) is 45.9 Å². The van der Waals surface area contributed by atoms with Crippen LogP contribution < -0.4 is 10.2 Å². The maximum Gasteiger partial charge on any atom is 0.321 e. The summed E-state index contributed by atoms with van der Waals surface area (Å²) in [6.45, 7) is 9.83. The van der Waals surface area contributed by atoms with E-state index in [1.54, 1.807) is 24.0 Å². The first-order chi connectivity index (χ1) is 14.8. The van der Waals surface area contributed by atoms with Crippen LogP contribution in [0.3, 0.4) is 0 Å². The van der Waals surface area contributed by atoms with Crippen LogP contribution in [-0.2, 0) is 0 Å². The topological polar surface area (TPSA) is 79.2 Å². The maximum absolute atomic E-state index is 13.7. The van der Waals surface area contributed by atoms with E-state index < -0.39 is 0 Å². The lowest BCUT2D eigenvalue weighted by atomic mass is 10.2. The molecule has 1 N–H and O–H groups in total. The summed E-state index contributed by atoms with van der Waals surface area (Å²) in [5, 5.41) is 7.33. The van der Waals surface area contributed by atoms with Gasteiger partial charge in [-0.25, -0.2) is 23.8 Å². The molecule has 3 heterocycles. The van der Waals surface area contributed by atoms with E-state index in [0.717, 1.165) is 23.0 Å². The molecular weight excluding hydrogens is 397 g/mol. The fraction of sp³-hybridized carbons (Fsp3) is 0.364. The van der Waals surface area contributed by atoms with Gasteiger partial charge in [0.05, 0.1) is 5.69 Å². The average molecular weight is 423 g/mol. The van der Waals surface area contributed by atoms with E-state index in [0.29, 0.717) is 43.3 Å². The second-order valence-electron chi connectivity index (χ2n) is 7.79. The van der Waals surface area contributed by atoms with Gasteiger partial charge in [0.15, 0.2) is 5.82 Å². The van der Waals surface area contributed by atoms with Crippen LogP contribution in [0.15, 0.2) is 30.3 Å². The largest absolute Gasteiger partial charge is 0.353 e. The lowest BCUT2D eigenvalue weighted by Gasteiger charge is -2.35. The van der Waals surface area contributed by atoms with Gasteiger partial charge in [-0.2, -0.15) is 5.10 Å². The highest BCUT2D eigenvalue weighted by Crippen LogP contribution is 2.21. The second-order valence-corrected chi connectivity index (χ2v) is 7.79. The number of carbonyl (C=O) groups is 1. The molecule has 1 saturated heterocycles. The highest BCUT2D eigenvalue weighted by molar-refractivity contribution is 5.90. The number of hydrogen-bond donors (Lipinski definition) is 1. The molecule has 0 radical (unpaired) electrons. The Morgan fingerprint density at radius 2 is 1.71 bits per heavy atom. The van der Waals surface area contributed by atoms with E-state index in [9.17, 15) is 9.18 Å². The van der Waals surface area contributed by atoms with Crippen molar-refractivity contribution in [3.8, 4) is 5.82 Å². The summed E-state index contributed by atoms with van der Waals surface area (Å²) in [6, 6.07) is 8.39. The predicted molar refractivity (Wildman–Crippen MR) is 117 cm³/mol. The van der Waals surface area contributed by atoms with E-state index in [-0.39, 0.29) is 11.8 Å². The summed E-state index contributed by atoms with van der Waals surface area (Å²) in [7, 11) is 0. The number of nitrogens with zero attached hydrogens (tertiary/aromatic N) is 6. The zero-order valence-corrected chi connectivity index (χ0v) is 18.2. The van der Waals surface area contributed by atoms with Crippen LogP contribution in [0.25, 0.3) is 5.82 Å². The summed E-state index contributed by atoms with van der Waals surface area (Å²) in [6.07, 6.45) is 0. The third-order valence-corrected chi connectivity index (χ3v) is 5.44. The van der Waals surface area contributed by atoms with Crippen molar-refractivity contribution in [2.75, 3.05) is 36.4 Å². The molecule has 1 aliphatic heterocycles. The number of rotatable bonds is 3. The van der Waals surface area contributed by atoms with Crippen LogP contribution in [0.4, 0.5) is 20.7 Å². The lowest BCUT2D eigenvalue weighted by Crippen LogP contribution is -2.50. The Hall–Kier alpha value is -3.49. The summed E-state index contributed by atoms with van der Waals surface area (Å²) < 4.78 is 15.6. The molecule has 8 nitrogen and oxygen atoms in total. The quantitative estimate of drug-likeness (QED) is 0.699. The number of urea groups is 1. The first-order valence-electron chi connectivity index (χ1n) is 10.3. The fourth-order valence-electron chi connectivity index (χ4n) is 3.74. The summed E-state index contributed by atoms with van der Waals surface area (Å²) in [4.78, 5) is 25.6. The Balaban J connectivity index is 1.44. The van der Waals surface area contributed by atoms with Gasteiger partial charge < -0.3 is 15.1 Å². The van der Waals surface area contributed by atoms with Gasteiger partial charge >= 0.3 is 6.03 Å². The van der Waals surface area contributed by atoms with Crippen molar-refractivity contribution in [3.63, 3.8) is 0 Å². The Morgan fingerprint density at radius 1 is 1.00 bits per heavy atom. The third kappa shape index (κ3) is 4.35. The molecule has 0 unspecified atom stereocenters. The number of benzene rings is 1. The summed E-state index contributed by atoms with van der Waals surface area (Å²) in [5.41, 5.74) is 2.87. The number of amides is 2. The van der Waals surface area contributed by atoms with Crippen molar-refractivity contribution in [1.82, 2.24) is 24.6 Å². The third-order valence-electron chi connectivity index (χ3n) is 5.44. The molecule has 2 aromatic heterocycles. The number of piperazine rings is 1. The molecule has 162 valence electrons. The Morgan fingerprint density at radius 3 is 2.39 bits per heavy atom. The zero-order chi connectivity index (χ0) is 22.1. The van der Waals surface area contributed by atoms with Gasteiger partial charge in [0.1, 0.15) is 17.5 Å². The maximum atomic E-state index is 13.7. The second kappa shape index (κ2) is 8.33. The van der Waals surface area contributed by atoms with Gasteiger partial charge in [-0.3, -0.25) is 0 Å². The highest BCUT2D eigenvalue weighted by Gasteiger charge is 2.23. The Labute approximate surface area is 180 Å². The normalized spacial score (nSPS) is 14.1. The van der Waals surface area contributed by atoms with Crippen LogP contribution in [0.1, 0.15) is 22.8 Å². The minimum atomic E-state index is -0.333. The van der Waals surface area contributed by atoms with Crippen LogP contribution in [0.2, 0.25) is 0 Å². The fourth-order valence-corrected chi connectivity index (χ4v) is 3.74. The molecule has 1 fully saturated rings.